The molecule has 1 heterocycles. The van der Waals surface area contributed by atoms with Crippen LogP contribution in [0.3, 0.4) is 0 Å². The minimum absolute atomic E-state index is 0.0496. The molecule has 7 nitrogen and oxygen atoms in total. The highest BCUT2D eigenvalue weighted by Crippen LogP contribution is 2.25. The summed E-state index contributed by atoms with van der Waals surface area (Å²) in [4.78, 5) is 16.5. The number of hydrogen-bond donors (Lipinski definition) is 1. The van der Waals surface area contributed by atoms with Crippen LogP contribution >= 0.6 is 11.8 Å². The standard InChI is InChI=1S/C18H19N3O4S2/c1-25-16-10-6-3-7-13(16)11-19-17(22)12-26-18-20-14-8-4-5-9-15(14)21(18)27(2,23)24/h3-10H,11-12H2,1-2H3,(H,19,22). The van der Waals surface area contributed by atoms with Crippen LogP contribution in [0.4, 0.5) is 0 Å². The van der Waals surface area contributed by atoms with Gasteiger partial charge in [-0.15, -0.1) is 0 Å². The highest BCUT2D eigenvalue weighted by Gasteiger charge is 2.19. The van der Waals surface area contributed by atoms with Gasteiger partial charge in [0, 0.05) is 12.1 Å². The van der Waals surface area contributed by atoms with Crippen molar-refractivity contribution in [3.8, 4) is 5.75 Å². The van der Waals surface area contributed by atoms with Crippen LogP contribution in [-0.2, 0) is 21.4 Å². The molecule has 1 amide bonds. The summed E-state index contributed by atoms with van der Waals surface area (Å²) in [5.74, 6) is 0.524. The minimum Gasteiger partial charge on any atom is -0.496 e. The second kappa shape index (κ2) is 8.01. The minimum atomic E-state index is -3.54. The average Bonchev–Trinajstić information content (AvgIpc) is 3.03. The van der Waals surface area contributed by atoms with Crippen LogP contribution < -0.4 is 10.1 Å². The Morgan fingerprint density at radius 3 is 2.63 bits per heavy atom. The second-order valence-corrected chi connectivity index (χ2v) is 8.56. The van der Waals surface area contributed by atoms with Crippen molar-refractivity contribution in [1.29, 1.82) is 0 Å². The first-order valence-corrected chi connectivity index (χ1v) is 10.9. The van der Waals surface area contributed by atoms with E-state index in [2.05, 4.69) is 10.3 Å². The first-order valence-electron chi connectivity index (χ1n) is 8.09. The van der Waals surface area contributed by atoms with Crippen molar-refractivity contribution >= 4 is 38.7 Å². The normalized spacial score (nSPS) is 11.5. The van der Waals surface area contributed by atoms with Crippen molar-refractivity contribution in [1.82, 2.24) is 14.3 Å². The van der Waals surface area contributed by atoms with Gasteiger partial charge in [-0.2, -0.15) is 0 Å². The SMILES string of the molecule is COc1ccccc1CNC(=O)CSc1nc2ccccc2n1S(C)(=O)=O. The third-order valence-electron chi connectivity index (χ3n) is 3.82. The molecule has 9 heteroatoms. The quantitative estimate of drug-likeness (QED) is 0.607. The van der Waals surface area contributed by atoms with E-state index in [0.29, 0.717) is 23.3 Å². The number of benzene rings is 2. The molecule has 0 bridgehead atoms. The third-order valence-corrected chi connectivity index (χ3v) is 5.91. The maximum Gasteiger partial charge on any atom is 0.238 e. The Balaban J connectivity index is 1.70. The van der Waals surface area contributed by atoms with Crippen molar-refractivity contribution in [2.45, 2.75) is 11.7 Å². The number of fused-ring (bicyclic) bond motifs is 1. The highest BCUT2D eigenvalue weighted by atomic mass is 32.2. The molecule has 0 atom stereocenters. The predicted octanol–water partition coefficient (Wildman–Crippen LogP) is 2.26. The van der Waals surface area contributed by atoms with Crippen LogP contribution in [-0.4, -0.2) is 42.4 Å². The van der Waals surface area contributed by atoms with Crippen molar-refractivity contribution in [2.24, 2.45) is 0 Å². The lowest BCUT2D eigenvalue weighted by Crippen LogP contribution is -2.25. The summed E-state index contributed by atoms with van der Waals surface area (Å²) >= 11 is 1.08. The fraction of sp³-hybridized carbons (Fsp3) is 0.222. The highest BCUT2D eigenvalue weighted by molar-refractivity contribution is 8.00. The molecule has 0 spiro atoms. The maximum atomic E-state index is 12.2. The number of carbonyl (C=O) groups is 1. The number of thioether (sulfide) groups is 1. The number of rotatable bonds is 7. The molecular weight excluding hydrogens is 386 g/mol. The molecule has 0 aliphatic rings. The van der Waals surface area contributed by atoms with Crippen LogP contribution in [0.2, 0.25) is 0 Å². The Morgan fingerprint density at radius 1 is 1.19 bits per heavy atom. The molecule has 0 unspecified atom stereocenters. The molecule has 2 aromatic carbocycles. The average molecular weight is 406 g/mol. The van der Waals surface area contributed by atoms with E-state index in [9.17, 15) is 13.2 Å². The Morgan fingerprint density at radius 2 is 1.89 bits per heavy atom. The molecule has 1 aromatic heterocycles. The molecule has 0 aliphatic heterocycles. The Hall–Kier alpha value is -2.52. The van der Waals surface area contributed by atoms with E-state index in [0.717, 1.165) is 23.6 Å². The number of methoxy groups -OCH3 is 1. The van der Waals surface area contributed by atoms with Crippen molar-refractivity contribution in [2.75, 3.05) is 19.1 Å². The van der Waals surface area contributed by atoms with E-state index in [1.165, 1.54) is 3.97 Å². The van der Waals surface area contributed by atoms with E-state index in [1.54, 1.807) is 31.4 Å². The number of imidazole rings is 1. The molecule has 3 rings (SSSR count). The van der Waals surface area contributed by atoms with Crippen LogP contribution in [0, 0.1) is 0 Å². The van der Waals surface area contributed by atoms with Gasteiger partial charge in [0.05, 0.1) is 30.2 Å². The summed E-state index contributed by atoms with van der Waals surface area (Å²) in [7, 11) is -1.97. The topological polar surface area (TPSA) is 90.3 Å². The zero-order chi connectivity index (χ0) is 19.4. The van der Waals surface area contributed by atoms with Crippen molar-refractivity contribution < 1.29 is 17.9 Å². The number of para-hydroxylation sites is 3. The monoisotopic (exact) mass is 405 g/mol. The van der Waals surface area contributed by atoms with Gasteiger partial charge in [-0.25, -0.2) is 17.4 Å². The lowest BCUT2D eigenvalue weighted by atomic mass is 10.2. The number of ether oxygens (including phenoxy) is 1. The number of nitrogens with zero attached hydrogens (tertiary/aromatic N) is 2. The Bertz CT molecular complexity index is 1080. The predicted molar refractivity (Wildman–Crippen MR) is 106 cm³/mol. The van der Waals surface area contributed by atoms with E-state index < -0.39 is 10.0 Å². The molecule has 1 N–H and O–H groups in total. The molecule has 27 heavy (non-hydrogen) atoms. The zero-order valence-electron chi connectivity index (χ0n) is 14.9. The molecule has 3 aromatic rings. The first-order chi connectivity index (χ1) is 12.9. The smallest absolute Gasteiger partial charge is 0.238 e. The van der Waals surface area contributed by atoms with Gasteiger partial charge in [-0.05, 0) is 18.2 Å². The lowest BCUT2D eigenvalue weighted by molar-refractivity contribution is -0.118. The van der Waals surface area contributed by atoms with Gasteiger partial charge < -0.3 is 10.1 Å². The number of amides is 1. The summed E-state index contributed by atoms with van der Waals surface area (Å²) in [6, 6.07) is 14.4. The largest absolute Gasteiger partial charge is 0.496 e. The molecular formula is C18H19N3O4S2. The van der Waals surface area contributed by atoms with Crippen molar-refractivity contribution in [3.63, 3.8) is 0 Å². The van der Waals surface area contributed by atoms with Crippen LogP contribution in [0.1, 0.15) is 5.56 Å². The van der Waals surface area contributed by atoms with Crippen molar-refractivity contribution in [3.05, 3.63) is 54.1 Å². The lowest BCUT2D eigenvalue weighted by Gasteiger charge is -2.09. The van der Waals surface area contributed by atoms with Gasteiger partial charge in [0.2, 0.25) is 15.9 Å². The summed E-state index contributed by atoms with van der Waals surface area (Å²) < 4.78 is 30.7. The zero-order valence-corrected chi connectivity index (χ0v) is 16.5. The van der Waals surface area contributed by atoms with Crippen LogP contribution in [0.15, 0.2) is 53.7 Å². The number of carbonyl (C=O) groups excluding carboxylic acids is 1. The second-order valence-electron chi connectivity index (χ2n) is 5.79. The molecule has 0 saturated heterocycles. The van der Waals surface area contributed by atoms with E-state index in [1.807, 2.05) is 24.3 Å². The maximum absolute atomic E-state index is 12.2. The Labute approximate surface area is 161 Å². The summed E-state index contributed by atoms with van der Waals surface area (Å²) in [6.45, 7) is 0.325. The first kappa shape index (κ1) is 19.2. The van der Waals surface area contributed by atoms with Gasteiger partial charge in [-0.3, -0.25) is 4.79 Å². The van der Waals surface area contributed by atoms with Crippen LogP contribution in [0.5, 0.6) is 5.75 Å². The third kappa shape index (κ3) is 4.42. The van der Waals surface area contributed by atoms with Gasteiger partial charge in [0.1, 0.15) is 5.75 Å². The number of nitrogens with one attached hydrogen (secondary N) is 1. The molecule has 0 radical (unpaired) electrons. The fourth-order valence-electron chi connectivity index (χ4n) is 2.62. The fourth-order valence-corrected chi connectivity index (χ4v) is 4.76. The summed E-state index contributed by atoms with van der Waals surface area (Å²) in [5.41, 5.74) is 1.93. The summed E-state index contributed by atoms with van der Waals surface area (Å²) in [5, 5.41) is 3.08. The summed E-state index contributed by atoms with van der Waals surface area (Å²) in [6.07, 6.45) is 1.12. The number of hydrogen-bond acceptors (Lipinski definition) is 6. The van der Waals surface area contributed by atoms with E-state index >= 15 is 0 Å². The van der Waals surface area contributed by atoms with Gasteiger partial charge in [0.25, 0.3) is 0 Å². The van der Waals surface area contributed by atoms with Crippen LogP contribution in [0.25, 0.3) is 11.0 Å². The molecule has 0 aliphatic carbocycles. The van der Waals surface area contributed by atoms with Gasteiger partial charge in [0.15, 0.2) is 5.16 Å². The van der Waals surface area contributed by atoms with Gasteiger partial charge in [-0.1, -0.05) is 42.1 Å². The Kier molecular flexibility index (Phi) is 5.71. The molecule has 0 saturated carbocycles. The molecule has 0 fully saturated rings. The van der Waals surface area contributed by atoms with Gasteiger partial charge >= 0.3 is 0 Å². The van der Waals surface area contributed by atoms with E-state index in [-0.39, 0.29) is 16.8 Å². The number of aromatic nitrogens is 2. The molecule has 142 valence electrons. The van der Waals surface area contributed by atoms with E-state index in [4.69, 9.17) is 4.74 Å².